The maximum absolute atomic E-state index is 6.25. The van der Waals surface area contributed by atoms with Gasteiger partial charge >= 0.3 is 0 Å². The first-order chi connectivity index (χ1) is 8.16. The molecular weight excluding hydrogens is 228 g/mol. The van der Waals surface area contributed by atoms with E-state index in [2.05, 4.69) is 31.0 Å². The Morgan fingerprint density at radius 3 is 2.65 bits per heavy atom. The van der Waals surface area contributed by atoms with E-state index in [4.69, 9.17) is 5.73 Å². The molecule has 0 spiro atoms. The Labute approximate surface area is 108 Å². The maximum atomic E-state index is 6.25. The van der Waals surface area contributed by atoms with E-state index < -0.39 is 0 Å². The molecule has 1 fully saturated rings. The molecular formula is C14H22N2S. The number of pyridine rings is 1. The number of aromatic nitrogens is 1. The van der Waals surface area contributed by atoms with E-state index in [-0.39, 0.29) is 0 Å². The van der Waals surface area contributed by atoms with Crippen LogP contribution < -0.4 is 5.73 Å². The third-order valence-corrected chi connectivity index (χ3v) is 5.15. The normalized spacial score (nSPS) is 29.5. The lowest BCUT2D eigenvalue weighted by Gasteiger charge is -2.35. The van der Waals surface area contributed by atoms with Gasteiger partial charge in [0.2, 0.25) is 0 Å². The SMILES string of the molecule is CC(C)C1CCC(N)C(Sc2ccncc2)C1. The molecule has 1 aliphatic rings. The molecule has 0 aliphatic heterocycles. The van der Waals surface area contributed by atoms with Crippen LogP contribution in [0.5, 0.6) is 0 Å². The highest BCUT2D eigenvalue weighted by atomic mass is 32.2. The summed E-state index contributed by atoms with van der Waals surface area (Å²) in [6.45, 7) is 4.66. The van der Waals surface area contributed by atoms with E-state index in [1.165, 1.54) is 24.2 Å². The topological polar surface area (TPSA) is 38.9 Å². The monoisotopic (exact) mass is 250 g/mol. The molecule has 17 heavy (non-hydrogen) atoms. The zero-order chi connectivity index (χ0) is 12.3. The van der Waals surface area contributed by atoms with Crippen LogP contribution in [0, 0.1) is 11.8 Å². The average Bonchev–Trinajstić information content (AvgIpc) is 2.33. The molecule has 94 valence electrons. The molecule has 0 amide bonds. The van der Waals surface area contributed by atoms with Crippen molar-refractivity contribution in [3.8, 4) is 0 Å². The summed E-state index contributed by atoms with van der Waals surface area (Å²) in [5.41, 5.74) is 6.25. The van der Waals surface area contributed by atoms with Crippen molar-refractivity contribution in [2.45, 2.75) is 49.3 Å². The number of nitrogens with two attached hydrogens (primary N) is 1. The first kappa shape index (κ1) is 12.9. The molecule has 1 aromatic heterocycles. The van der Waals surface area contributed by atoms with Crippen molar-refractivity contribution in [2.24, 2.45) is 17.6 Å². The van der Waals surface area contributed by atoms with Crippen LogP contribution in [0.1, 0.15) is 33.1 Å². The number of hydrogen-bond donors (Lipinski definition) is 1. The predicted molar refractivity (Wildman–Crippen MR) is 74.0 cm³/mol. The van der Waals surface area contributed by atoms with Crippen molar-refractivity contribution in [1.29, 1.82) is 0 Å². The summed E-state index contributed by atoms with van der Waals surface area (Å²) in [6.07, 6.45) is 7.44. The molecule has 1 saturated carbocycles. The molecule has 1 heterocycles. The first-order valence-electron chi connectivity index (χ1n) is 6.49. The minimum atomic E-state index is 0.350. The van der Waals surface area contributed by atoms with Crippen LogP contribution in [0.25, 0.3) is 0 Å². The van der Waals surface area contributed by atoms with Crippen molar-refractivity contribution < 1.29 is 0 Å². The quantitative estimate of drug-likeness (QED) is 0.894. The molecule has 3 unspecified atom stereocenters. The molecule has 0 aromatic carbocycles. The zero-order valence-corrected chi connectivity index (χ0v) is 11.5. The fourth-order valence-corrected chi connectivity index (χ4v) is 3.80. The van der Waals surface area contributed by atoms with Gasteiger partial charge in [-0.25, -0.2) is 0 Å². The summed E-state index contributed by atoms with van der Waals surface area (Å²) >= 11 is 1.93. The largest absolute Gasteiger partial charge is 0.327 e. The van der Waals surface area contributed by atoms with Crippen LogP contribution in [0.2, 0.25) is 0 Å². The lowest BCUT2D eigenvalue weighted by Crippen LogP contribution is -2.39. The Morgan fingerprint density at radius 1 is 1.29 bits per heavy atom. The molecule has 3 atom stereocenters. The second-order valence-corrected chi connectivity index (χ2v) is 6.63. The summed E-state index contributed by atoms with van der Waals surface area (Å²) < 4.78 is 0. The molecule has 1 aliphatic carbocycles. The van der Waals surface area contributed by atoms with Gasteiger partial charge in [0.15, 0.2) is 0 Å². The lowest BCUT2D eigenvalue weighted by molar-refractivity contribution is 0.266. The lowest BCUT2D eigenvalue weighted by atomic mass is 9.79. The smallest absolute Gasteiger partial charge is 0.0278 e. The number of thioether (sulfide) groups is 1. The zero-order valence-electron chi connectivity index (χ0n) is 10.7. The fraction of sp³-hybridized carbons (Fsp3) is 0.643. The molecule has 2 N–H and O–H groups in total. The Kier molecular flexibility index (Phi) is 4.46. The van der Waals surface area contributed by atoms with Crippen molar-refractivity contribution in [3.63, 3.8) is 0 Å². The Hall–Kier alpha value is -0.540. The van der Waals surface area contributed by atoms with Crippen molar-refractivity contribution in [2.75, 3.05) is 0 Å². The van der Waals surface area contributed by atoms with Crippen molar-refractivity contribution in [3.05, 3.63) is 24.5 Å². The van der Waals surface area contributed by atoms with E-state index in [1.54, 1.807) is 0 Å². The summed E-state index contributed by atoms with van der Waals surface area (Å²) in [5, 5.41) is 0.568. The first-order valence-corrected chi connectivity index (χ1v) is 7.37. The number of nitrogens with zero attached hydrogens (tertiary/aromatic N) is 1. The van der Waals surface area contributed by atoms with Crippen LogP contribution in [0.3, 0.4) is 0 Å². The molecule has 2 nitrogen and oxygen atoms in total. The number of hydrogen-bond acceptors (Lipinski definition) is 3. The van der Waals surface area contributed by atoms with Crippen LogP contribution in [-0.2, 0) is 0 Å². The van der Waals surface area contributed by atoms with Crippen LogP contribution >= 0.6 is 11.8 Å². The van der Waals surface area contributed by atoms with Gasteiger partial charge in [-0.05, 0) is 43.2 Å². The van der Waals surface area contributed by atoms with Gasteiger partial charge in [-0.2, -0.15) is 0 Å². The van der Waals surface area contributed by atoms with E-state index in [0.717, 1.165) is 11.8 Å². The summed E-state index contributed by atoms with van der Waals surface area (Å²) in [6, 6.07) is 4.51. The van der Waals surface area contributed by atoms with Gasteiger partial charge in [-0.1, -0.05) is 13.8 Å². The molecule has 3 heteroatoms. The second-order valence-electron chi connectivity index (χ2n) is 5.32. The predicted octanol–water partition coefficient (Wildman–Crippen LogP) is 3.33. The molecule has 0 saturated heterocycles. The minimum absolute atomic E-state index is 0.350. The molecule has 0 radical (unpaired) electrons. The highest BCUT2D eigenvalue weighted by Gasteiger charge is 2.30. The maximum Gasteiger partial charge on any atom is 0.0278 e. The van der Waals surface area contributed by atoms with Gasteiger partial charge in [0.1, 0.15) is 0 Å². The van der Waals surface area contributed by atoms with Gasteiger partial charge in [0, 0.05) is 28.6 Å². The van der Waals surface area contributed by atoms with Crippen molar-refractivity contribution in [1.82, 2.24) is 4.98 Å². The highest BCUT2D eigenvalue weighted by Crippen LogP contribution is 2.38. The van der Waals surface area contributed by atoms with Gasteiger partial charge in [-0.15, -0.1) is 11.8 Å². The van der Waals surface area contributed by atoms with Crippen LogP contribution in [0.15, 0.2) is 29.4 Å². The molecule has 1 aromatic rings. The highest BCUT2D eigenvalue weighted by molar-refractivity contribution is 8.00. The third kappa shape index (κ3) is 3.46. The van der Waals surface area contributed by atoms with Gasteiger partial charge in [0.05, 0.1) is 0 Å². The summed E-state index contributed by atoms with van der Waals surface area (Å²) in [7, 11) is 0. The van der Waals surface area contributed by atoms with Gasteiger partial charge < -0.3 is 5.73 Å². The van der Waals surface area contributed by atoms with E-state index in [0.29, 0.717) is 11.3 Å². The fourth-order valence-electron chi connectivity index (χ4n) is 2.52. The van der Waals surface area contributed by atoms with E-state index >= 15 is 0 Å². The van der Waals surface area contributed by atoms with Gasteiger partial charge in [0.25, 0.3) is 0 Å². The second kappa shape index (κ2) is 5.87. The van der Waals surface area contributed by atoms with E-state index in [9.17, 15) is 0 Å². The standard InChI is InChI=1S/C14H22N2S/c1-10(2)11-3-4-13(15)14(9-11)17-12-5-7-16-8-6-12/h5-8,10-11,13-14H,3-4,9,15H2,1-2H3. The third-order valence-electron chi connectivity index (χ3n) is 3.76. The van der Waals surface area contributed by atoms with Crippen LogP contribution in [-0.4, -0.2) is 16.3 Å². The van der Waals surface area contributed by atoms with Crippen LogP contribution in [0.4, 0.5) is 0 Å². The number of rotatable bonds is 3. The summed E-state index contributed by atoms with van der Waals surface area (Å²) in [5.74, 6) is 1.62. The molecule has 0 bridgehead atoms. The molecule has 2 rings (SSSR count). The Bertz CT molecular complexity index is 339. The van der Waals surface area contributed by atoms with Crippen molar-refractivity contribution >= 4 is 11.8 Å². The Morgan fingerprint density at radius 2 is 2.00 bits per heavy atom. The van der Waals surface area contributed by atoms with Gasteiger partial charge in [-0.3, -0.25) is 4.98 Å². The van der Waals surface area contributed by atoms with E-state index in [1.807, 2.05) is 24.2 Å². The average molecular weight is 250 g/mol. The minimum Gasteiger partial charge on any atom is -0.327 e. The summed E-state index contributed by atoms with van der Waals surface area (Å²) in [4.78, 5) is 5.35. The Balaban J connectivity index is 1.99.